The zero-order chi connectivity index (χ0) is 22.7. The average Bonchev–Trinajstić information content (AvgIpc) is 3.01. The highest BCUT2D eigenvalue weighted by Gasteiger charge is 2.29. The molecule has 1 aliphatic heterocycles. The van der Waals surface area contributed by atoms with Crippen LogP contribution >= 0.6 is 11.6 Å². The Hall–Kier alpha value is -2.90. The summed E-state index contributed by atoms with van der Waals surface area (Å²) in [5, 5.41) is 3.20. The number of aryl methyl sites for hydroxylation is 1. The molecule has 1 amide bonds. The van der Waals surface area contributed by atoms with E-state index in [1.807, 2.05) is 37.3 Å². The quantitative estimate of drug-likeness (QED) is 0.569. The zero-order valence-corrected chi connectivity index (χ0v) is 19.2. The van der Waals surface area contributed by atoms with Crippen molar-refractivity contribution in [1.82, 2.24) is 4.98 Å². The summed E-state index contributed by atoms with van der Waals surface area (Å²) < 4.78 is 28.3. The molecule has 1 aromatic heterocycles. The van der Waals surface area contributed by atoms with Crippen LogP contribution in [0.5, 0.6) is 0 Å². The van der Waals surface area contributed by atoms with Crippen molar-refractivity contribution < 1.29 is 13.2 Å². The maximum absolute atomic E-state index is 13.4. The molecule has 1 N–H and O–H groups in total. The normalized spacial score (nSPS) is 14.9. The van der Waals surface area contributed by atoms with Crippen LogP contribution in [0.1, 0.15) is 36.8 Å². The average molecular weight is 470 g/mol. The second-order valence-corrected chi connectivity index (χ2v) is 10.1. The van der Waals surface area contributed by atoms with E-state index in [4.69, 9.17) is 11.6 Å². The highest BCUT2D eigenvalue weighted by Crippen LogP contribution is 2.33. The molecule has 2 aromatic carbocycles. The topological polar surface area (TPSA) is 79.4 Å². The number of carbonyl (C=O) groups is 1. The Kier molecular flexibility index (Phi) is 6.48. The number of hydrogen-bond donors (Lipinski definition) is 1. The molecule has 1 atom stereocenters. The summed E-state index contributed by atoms with van der Waals surface area (Å²) in [5.74, 6) is -0.255. The molecule has 0 saturated carbocycles. The number of nitrogens with one attached hydrogen (secondary N) is 1. The van der Waals surface area contributed by atoms with Gasteiger partial charge in [0.1, 0.15) is 5.82 Å². The third-order valence-corrected chi connectivity index (χ3v) is 7.66. The van der Waals surface area contributed by atoms with Crippen LogP contribution in [0.15, 0.2) is 71.8 Å². The summed E-state index contributed by atoms with van der Waals surface area (Å²) >= 11 is 6.04. The molecule has 6 nitrogen and oxygen atoms in total. The lowest BCUT2D eigenvalue weighted by molar-refractivity contribution is -0.117. The van der Waals surface area contributed by atoms with Crippen molar-refractivity contribution in [2.45, 2.75) is 37.0 Å². The number of amides is 1. The van der Waals surface area contributed by atoms with Crippen LogP contribution < -0.4 is 9.62 Å². The van der Waals surface area contributed by atoms with Crippen molar-refractivity contribution in [3.63, 3.8) is 0 Å². The van der Waals surface area contributed by atoms with Crippen LogP contribution in [0.25, 0.3) is 0 Å². The zero-order valence-electron chi connectivity index (χ0n) is 17.7. The van der Waals surface area contributed by atoms with Crippen LogP contribution in [0.3, 0.4) is 0 Å². The predicted molar refractivity (Wildman–Crippen MR) is 127 cm³/mol. The summed E-state index contributed by atoms with van der Waals surface area (Å²) in [7, 11) is -3.82. The minimum atomic E-state index is -3.82. The maximum atomic E-state index is 13.4. The summed E-state index contributed by atoms with van der Waals surface area (Å²) in [4.78, 5) is 17.3. The number of pyridine rings is 1. The summed E-state index contributed by atoms with van der Waals surface area (Å²) in [6.07, 6.45) is 3.96. The summed E-state index contributed by atoms with van der Waals surface area (Å²) in [6, 6.07) is 17.4. The molecule has 1 aliphatic rings. The van der Waals surface area contributed by atoms with E-state index in [1.54, 1.807) is 24.4 Å². The van der Waals surface area contributed by atoms with Gasteiger partial charge in [-0.2, -0.15) is 0 Å². The lowest BCUT2D eigenvalue weighted by Gasteiger charge is -2.25. The first-order valence-electron chi connectivity index (χ1n) is 10.5. The Morgan fingerprint density at radius 1 is 1.09 bits per heavy atom. The minimum absolute atomic E-state index is 0.137. The van der Waals surface area contributed by atoms with Gasteiger partial charge in [0.2, 0.25) is 5.91 Å². The molecule has 32 heavy (non-hydrogen) atoms. The first kappa shape index (κ1) is 22.3. The van der Waals surface area contributed by atoms with Gasteiger partial charge in [-0.25, -0.2) is 13.4 Å². The number of anilines is 2. The second kappa shape index (κ2) is 9.30. The van der Waals surface area contributed by atoms with Crippen molar-refractivity contribution in [1.29, 1.82) is 0 Å². The molecule has 3 aromatic rings. The van der Waals surface area contributed by atoms with Gasteiger partial charge in [0.15, 0.2) is 0 Å². The van der Waals surface area contributed by atoms with Crippen LogP contribution in [0.2, 0.25) is 5.02 Å². The van der Waals surface area contributed by atoms with Crippen LogP contribution in [0.4, 0.5) is 11.5 Å². The molecular weight excluding hydrogens is 446 g/mol. The van der Waals surface area contributed by atoms with E-state index in [0.29, 0.717) is 23.1 Å². The largest absolute Gasteiger partial charge is 0.310 e. The van der Waals surface area contributed by atoms with Gasteiger partial charge in [0, 0.05) is 23.8 Å². The van der Waals surface area contributed by atoms with Gasteiger partial charge < -0.3 is 5.32 Å². The molecule has 0 unspecified atom stereocenters. The predicted octanol–water partition coefficient (Wildman–Crippen LogP) is 5.01. The number of sulfonamides is 1. The SMILES string of the molecule is C[C@H](C(=O)Nc1cc2c(cn1)CCCCN2S(=O)(=O)c1cccc(Cl)c1)c1ccccc1. The molecule has 0 aliphatic carbocycles. The molecule has 0 spiro atoms. The fraction of sp³-hybridized carbons (Fsp3) is 0.250. The highest BCUT2D eigenvalue weighted by molar-refractivity contribution is 7.92. The lowest BCUT2D eigenvalue weighted by atomic mass is 10.0. The molecular formula is C24H24ClN3O3S. The fourth-order valence-corrected chi connectivity index (χ4v) is 5.62. The number of fused-ring (bicyclic) bond motifs is 1. The van der Waals surface area contributed by atoms with E-state index >= 15 is 0 Å². The molecule has 166 valence electrons. The van der Waals surface area contributed by atoms with Crippen molar-refractivity contribution in [3.8, 4) is 0 Å². The molecule has 0 radical (unpaired) electrons. The fourth-order valence-electron chi connectivity index (χ4n) is 3.79. The first-order valence-corrected chi connectivity index (χ1v) is 12.3. The standard InChI is InChI=1S/C24H24ClN3O3S/c1-17(18-8-3-2-4-9-18)24(29)27-23-15-22-19(16-26-23)10-5-6-13-28(22)32(30,31)21-12-7-11-20(25)14-21/h2-4,7-9,11-12,14-17H,5-6,10,13H2,1H3,(H,26,27,29)/t17-/m0/s1. The monoisotopic (exact) mass is 469 g/mol. The Morgan fingerprint density at radius 2 is 1.88 bits per heavy atom. The van der Waals surface area contributed by atoms with Gasteiger partial charge in [-0.1, -0.05) is 48.0 Å². The third kappa shape index (κ3) is 4.64. The van der Waals surface area contributed by atoms with Crippen molar-refractivity contribution in [3.05, 3.63) is 83.0 Å². The van der Waals surface area contributed by atoms with Gasteiger partial charge in [-0.3, -0.25) is 9.10 Å². The molecule has 0 fully saturated rings. The number of aromatic nitrogens is 1. The first-order chi connectivity index (χ1) is 15.4. The number of benzene rings is 2. The van der Waals surface area contributed by atoms with E-state index < -0.39 is 10.0 Å². The Labute approximate surface area is 193 Å². The van der Waals surface area contributed by atoms with Gasteiger partial charge in [-0.05, 0) is 55.5 Å². The Morgan fingerprint density at radius 3 is 2.62 bits per heavy atom. The summed E-state index contributed by atoms with van der Waals surface area (Å²) in [5.41, 5.74) is 2.27. The van der Waals surface area contributed by atoms with E-state index in [1.165, 1.54) is 16.4 Å². The highest BCUT2D eigenvalue weighted by atomic mass is 35.5. The van der Waals surface area contributed by atoms with Gasteiger partial charge in [-0.15, -0.1) is 0 Å². The molecule has 4 rings (SSSR count). The maximum Gasteiger partial charge on any atom is 0.264 e. The van der Waals surface area contributed by atoms with E-state index in [9.17, 15) is 13.2 Å². The number of nitrogens with zero attached hydrogens (tertiary/aromatic N) is 2. The van der Waals surface area contributed by atoms with Crippen molar-refractivity contribution >= 4 is 39.0 Å². The molecule has 8 heteroatoms. The number of rotatable bonds is 5. The Balaban J connectivity index is 1.66. The Bertz CT molecular complexity index is 1230. The van der Waals surface area contributed by atoms with Crippen molar-refractivity contribution in [2.75, 3.05) is 16.2 Å². The van der Waals surface area contributed by atoms with Crippen LogP contribution in [0, 0.1) is 0 Å². The van der Waals surface area contributed by atoms with E-state index in [-0.39, 0.29) is 16.7 Å². The van der Waals surface area contributed by atoms with Crippen molar-refractivity contribution in [2.24, 2.45) is 0 Å². The minimum Gasteiger partial charge on any atom is -0.310 e. The summed E-state index contributed by atoms with van der Waals surface area (Å²) in [6.45, 7) is 2.17. The van der Waals surface area contributed by atoms with Gasteiger partial charge in [0.25, 0.3) is 10.0 Å². The molecule has 2 heterocycles. The number of hydrogen-bond acceptors (Lipinski definition) is 4. The third-order valence-electron chi connectivity index (χ3n) is 5.62. The van der Waals surface area contributed by atoms with Crippen LogP contribution in [-0.4, -0.2) is 25.9 Å². The number of halogens is 1. The molecule has 0 saturated heterocycles. The van der Waals surface area contributed by atoms with Gasteiger partial charge in [0.05, 0.1) is 16.5 Å². The number of carbonyl (C=O) groups excluding carboxylic acids is 1. The second-order valence-electron chi connectivity index (χ2n) is 7.81. The van der Waals surface area contributed by atoms with E-state index in [0.717, 1.165) is 30.4 Å². The smallest absolute Gasteiger partial charge is 0.264 e. The van der Waals surface area contributed by atoms with E-state index in [2.05, 4.69) is 10.3 Å². The van der Waals surface area contributed by atoms with Gasteiger partial charge >= 0.3 is 0 Å². The van der Waals surface area contributed by atoms with Crippen LogP contribution in [-0.2, 0) is 21.2 Å². The molecule has 0 bridgehead atoms. The lowest BCUT2D eigenvalue weighted by Crippen LogP contribution is -2.32.